The number of hydrogen-bond donors (Lipinski definition) is 4. The second kappa shape index (κ2) is 4.67. The minimum atomic E-state index is -0.601. The summed E-state index contributed by atoms with van der Waals surface area (Å²) in [5, 5.41) is 37.5. The maximum Gasteiger partial charge on any atom is 0.200 e. The van der Waals surface area contributed by atoms with Crippen molar-refractivity contribution in [3.05, 3.63) is 42.0 Å². The predicted molar refractivity (Wildman–Crippen MR) is 66.8 cm³/mol. The van der Waals surface area contributed by atoms with E-state index >= 15 is 0 Å². The number of hydrogen-bond acceptors (Lipinski definition) is 5. The van der Waals surface area contributed by atoms with E-state index in [1.807, 2.05) is 0 Å². The Labute approximate surface area is 103 Å². The summed E-state index contributed by atoms with van der Waals surface area (Å²) in [7, 11) is 0. The van der Waals surface area contributed by atoms with Crippen LogP contribution in [0.1, 0.15) is 5.56 Å². The molecule has 0 radical (unpaired) electrons. The van der Waals surface area contributed by atoms with Gasteiger partial charge in [-0.25, -0.2) is 0 Å². The molecule has 0 saturated carbocycles. The van der Waals surface area contributed by atoms with Crippen molar-refractivity contribution in [3.8, 4) is 23.0 Å². The van der Waals surface area contributed by atoms with Crippen LogP contribution in [0.3, 0.4) is 0 Å². The van der Waals surface area contributed by atoms with E-state index in [1.54, 1.807) is 18.2 Å². The largest absolute Gasteiger partial charge is 0.506 e. The summed E-state index contributed by atoms with van der Waals surface area (Å²) in [6.07, 6.45) is 1.28. The summed E-state index contributed by atoms with van der Waals surface area (Å²) in [6.45, 7) is 0. The highest BCUT2D eigenvalue weighted by molar-refractivity contribution is 5.87. The van der Waals surface area contributed by atoms with Crippen LogP contribution in [0.5, 0.6) is 23.0 Å². The first kappa shape index (κ1) is 11.8. The zero-order valence-corrected chi connectivity index (χ0v) is 9.28. The van der Waals surface area contributed by atoms with Crippen LogP contribution in [0.25, 0.3) is 0 Å². The fourth-order valence-corrected chi connectivity index (χ4v) is 1.40. The number of benzene rings is 2. The lowest BCUT2D eigenvalue weighted by atomic mass is 10.2. The molecule has 5 nitrogen and oxygen atoms in total. The summed E-state index contributed by atoms with van der Waals surface area (Å²) in [6, 6.07) is 9.10. The average molecular weight is 245 g/mol. The van der Waals surface area contributed by atoms with Crippen LogP contribution >= 0.6 is 0 Å². The van der Waals surface area contributed by atoms with E-state index in [9.17, 15) is 15.3 Å². The summed E-state index contributed by atoms with van der Waals surface area (Å²) >= 11 is 0. The third kappa shape index (κ3) is 2.20. The van der Waals surface area contributed by atoms with Gasteiger partial charge in [0.2, 0.25) is 5.75 Å². The summed E-state index contributed by atoms with van der Waals surface area (Å²) in [5.41, 5.74) is 0.568. The van der Waals surface area contributed by atoms with Crippen LogP contribution in [0.2, 0.25) is 0 Å². The zero-order valence-electron chi connectivity index (χ0n) is 9.28. The standard InChI is InChI=1S/C13H11NO4/c15-10-4-2-1-3-9(10)14-7-8-5-6-11(16)13(18)12(8)17/h1-7,15-18H. The number of phenols is 4. The molecule has 0 spiro atoms. The lowest BCUT2D eigenvalue weighted by Gasteiger charge is -2.03. The fourth-order valence-electron chi connectivity index (χ4n) is 1.40. The smallest absolute Gasteiger partial charge is 0.200 e. The molecule has 4 N–H and O–H groups in total. The van der Waals surface area contributed by atoms with Crippen molar-refractivity contribution >= 4 is 11.9 Å². The molecular weight excluding hydrogens is 234 g/mol. The Morgan fingerprint density at radius 3 is 2.22 bits per heavy atom. The molecule has 92 valence electrons. The van der Waals surface area contributed by atoms with Crippen molar-refractivity contribution < 1.29 is 20.4 Å². The Bertz CT molecular complexity index is 608. The monoisotopic (exact) mass is 245 g/mol. The number of phenolic OH excluding ortho intramolecular Hbond substituents is 4. The topological polar surface area (TPSA) is 93.3 Å². The van der Waals surface area contributed by atoms with E-state index in [0.717, 1.165) is 0 Å². The van der Waals surface area contributed by atoms with Gasteiger partial charge in [0, 0.05) is 11.8 Å². The van der Waals surface area contributed by atoms with Crippen LogP contribution in [0.4, 0.5) is 5.69 Å². The highest BCUT2D eigenvalue weighted by Crippen LogP contribution is 2.36. The molecule has 0 heterocycles. The van der Waals surface area contributed by atoms with E-state index in [-0.39, 0.29) is 11.3 Å². The summed E-state index contributed by atoms with van der Waals surface area (Å²) < 4.78 is 0. The molecule has 2 aromatic rings. The van der Waals surface area contributed by atoms with Crippen molar-refractivity contribution in [3.63, 3.8) is 0 Å². The van der Waals surface area contributed by atoms with Crippen LogP contribution < -0.4 is 0 Å². The SMILES string of the molecule is Oc1ccccc1N=Cc1ccc(O)c(O)c1O. The minimum Gasteiger partial charge on any atom is -0.506 e. The van der Waals surface area contributed by atoms with Crippen molar-refractivity contribution in [2.24, 2.45) is 4.99 Å². The van der Waals surface area contributed by atoms with Gasteiger partial charge >= 0.3 is 0 Å². The van der Waals surface area contributed by atoms with E-state index < -0.39 is 17.2 Å². The van der Waals surface area contributed by atoms with Gasteiger partial charge in [-0.2, -0.15) is 0 Å². The molecule has 5 heteroatoms. The summed E-state index contributed by atoms with van der Waals surface area (Å²) in [4.78, 5) is 3.98. The maximum atomic E-state index is 9.56. The molecule has 0 aliphatic rings. The van der Waals surface area contributed by atoms with Crippen LogP contribution in [0.15, 0.2) is 41.4 Å². The second-order valence-corrected chi connectivity index (χ2v) is 3.62. The van der Waals surface area contributed by atoms with Gasteiger partial charge in [-0.15, -0.1) is 0 Å². The zero-order chi connectivity index (χ0) is 13.1. The second-order valence-electron chi connectivity index (χ2n) is 3.62. The van der Waals surface area contributed by atoms with Crippen LogP contribution in [0, 0.1) is 0 Å². The molecule has 18 heavy (non-hydrogen) atoms. The van der Waals surface area contributed by atoms with Crippen molar-refractivity contribution in [1.29, 1.82) is 0 Å². The first-order valence-electron chi connectivity index (χ1n) is 5.15. The molecule has 0 aliphatic heterocycles. The van der Waals surface area contributed by atoms with Crippen molar-refractivity contribution in [1.82, 2.24) is 0 Å². The van der Waals surface area contributed by atoms with Crippen LogP contribution in [-0.4, -0.2) is 26.6 Å². The van der Waals surface area contributed by atoms with Gasteiger partial charge < -0.3 is 20.4 Å². The van der Waals surface area contributed by atoms with Gasteiger partial charge in [0.25, 0.3) is 0 Å². The molecular formula is C13H11NO4. The third-order valence-corrected chi connectivity index (χ3v) is 2.39. The lowest BCUT2D eigenvalue weighted by molar-refractivity contribution is 0.367. The molecule has 0 unspecified atom stereocenters. The molecule has 0 atom stereocenters. The number of aliphatic imine (C=N–C) groups is 1. The maximum absolute atomic E-state index is 9.56. The van der Waals surface area contributed by atoms with E-state index in [1.165, 1.54) is 24.4 Å². The fraction of sp³-hybridized carbons (Fsp3) is 0. The van der Waals surface area contributed by atoms with E-state index in [0.29, 0.717) is 5.69 Å². The highest BCUT2D eigenvalue weighted by Gasteiger charge is 2.09. The third-order valence-electron chi connectivity index (χ3n) is 2.39. The molecule has 2 aromatic carbocycles. The van der Waals surface area contributed by atoms with Gasteiger partial charge in [0.1, 0.15) is 11.4 Å². The molecule has 0 fully saturated rings. The number of rotatable bonds is 2. The highest BCUT2D eigenvalue weighted by atomic mass is 16.3. The number of aromatic hydroxyl groups is 4. The molecule has 0 aliphatic carbocycles. The quantitative estimate of drug-likeness (QED) is 0.482. The molecule has 2 rings (SSSR count). The molecule has 0 amide bonds. The summed E-state index contributed by atoms with van der Waals surface area (Å²) in [5.74, 6) is -1.46. The minimum absolute atomic E-state index is 0.0104. The van der Waals surface area contributed by atoms with Crippen molar-refractivity contribution in [2.75, 3.05) is 0 Å². The van der Waals surface area contributed by atoms with E-state index in [2.05, 4.69) is 4.99 Å². The Morgan fingerprint density at radius 2 is 1.50 bits per heavy atom. The average Bonchev–Trinajstić information content (AvgIpc) is 2.37. The molecule has 0 aromatic heterocycles. The predicted octanol–water partition coefficient (Wildman–Crippen LogP) is 2.26. The van der Waals surface area contributed by atoms with Crippen molar-refractivity contribution in [2.45, 2.75) is 0 Å². The Morgan fingerprint density at radius 1 is 0.778 bits per heavy atom. The van der Waals surface area contributed by atoms with Gasteiger partial charge in [-0.3, -0.25) is 4.99 Å². The number of nitrogens with zero attached hydrogens (tertiary/aromatic N) is 1. The first-order chi connectivity index (χ1) is 8.59. The normalized spacial score (nSPS) is 10.9. The van der Waals surface area contributed by atoms with Crippen LogP contribution in [-0.2, 0) is 0 Å². The lowest BCUT2D eigenvalue weighted by Crippen LogP contribution is -1.83. The molecule has 0 bridgehead atoms. The van der Waals surface area contributed by atoms with Gasteiger partial charge in [-0.1, -0.05) is 12.1 Å². The Hall–Kier alpha value is -2.69. The molecule has 0 saturated heterocycles. The van der Waals surface area contributed by atoms with Gasteiger partial charge in [-0.05, 0) is 24.3 Å². The van der Waals surface area contributed by atoms with Gasteiger partial charge in [0.05, 0.1) is 0 Å². The Kier molecular flexibility index (Phi) is 3.05. The number of para-hydroxylation sites is 2. The van der Waals surface area contributed by atoms with E-state index in [4.69, 9.17) is 5.11 Å². The first-order valence-corrected chi connectivity index (χ1v) is 5.15. The van der Waals surface area contributed by atoms with Gasteiger partial charge in [0.15, 0.2) is 11.5 Å². The Balaban J connectivity index is 2.36.